The molecule has 3 amide bonds. The van der Waals surface area contributed by atoms with E-state index in [-0.39, 0.29) is 34.6 Å². The van der Waals surface area contributed by atoms with E-state index >= 15 is 0 Å². The Morgan fingerprint density at radius 3 is 2.53 bits per heavy atom. The Morgan fingerprint density at radius 1 is 1.32 bits per heavy atom. The molecule has 1 aliphatic heterocycles. The molecule has 0 aromatic carbocycles. The highest BCUT2D eigenvalue weighted by atomic mass is 35.5. The van der Waals surface area contributed by atoms with Gasteiger partial charge >= 0.3 is 0 Å². The van der Waals surface area contributed by atoms with Gasteiger partial charge in [-0.05, 0) is 18.6 Å². The molecule has 0 saturated carbocycles. The van der Waals surface area contributed by atoms with Crippen LogP contribution in [-0.2, 0) is 9.59 Å². The fraction of sp³-hybridized carbons (Fsp3) is 0.273. The van der Waals surface area contributed by atoms with Crippen molar-refractivity contribution in [2.45, 2.75) is 18.9 Å². The molecule has 1 saturated heterocycles. The summed E-state index contributed by atoms with van der Waals surface area (Å²) in [6, 6.07) is 1.94. The van der Waals surface area contributed by atoms with E-state index in [9.17, 15) is 14.4 Å². The molecule has 2 rings (SSSR count). The van der Waals surface area contributed by atoms with Gasteiger partial charge in [0.15, 0.2) is 0 Å². The minimum absolute atomic E-state index is 0.0842. The van der Waals surface area contributed by atoms with E-state index in [4.69, 9.17) is 23.2 Å². The molecule has 0 bridgehead atoms. The molecule has 100 valence electrons. The molecule has 19 heavy (non-hydrogen) atoms. The van der Waals surface area contributed by atoms with Crippen LogP contribution < -0.4 is 10.6 Å². The van der Waals surface area contributed by atoms with E-state index in [0.717, 1.165) is 0 Å². The fourth-order valence-corrected chi connectivity index (χ4v) is 2.13. The first-order chi connectivity index (χ1) is 8.95. The molecule has 1 aromatic heterocycles. The number of piperidine rings is 1. The lowest BCUT2D eigenvalue weighted by Gasteiger charge is -2.21. The molecule has 0 aliphatic carbocycles. The van der Waals surface area contributed by atoms with Crippen molar-refractivity contribution in [1.29, 1.82) is 0 Å². The van der Waals surface area contributed by atoms with E-state index in [2.05, 4.69) is 15.6 Å². The van der Waals surface area contributed by atoms with Crippen molar-refractivity contribution in [1.82, 2.24) is 15.6 Å². The zero-order valence-electron chi connectivity index (χ0n) is 9.57. The summed E-state index contributed by atoms with van der Waals surface area (Å²) in [7, 11) is 0. The summed E-state index contributed by atoms with van der Waals surface area (Å²) < 4.78 is 0. The van der Waals surface area contributed by atoms with Crippen LogP contribution in [0.15, 0.2) is 12.1 Å². The van der Waals surface area contributed by atoms with Gasteiger partial charge in [0.25, 0.3) is 5.91 Å². The van der Waals surface area contributed by atoms with Gasteiger partial charge in [-0.1, -0.05) is 23.2 Å². The highest BCUT2D eigenvalue weighted by molar-refractivity contribution is 6.33. The van der Waals surface area contributed by atoms with E-state index in [1.807, 2.05) is 0 Å². The normalized spacial score (nSPS) is 18.9. The van der Waals surface area contributed by atoms with Crippen molar-refractivity contribution < 1.29 is 14.4 Å². The van der Waals surface area contributed by atoms with Crippen molar-refractivity contribution in [2.24, 2.45) is 0 Å². The highest BCUT2D eigenvalue weighted by Crippen LogP contribution is 2.15. The number of pyridine rings is 1. The van der Waals surface area contributed by atoms with Crippen LogP contribution in [-0.4, -0.2) is 28.7 Å². The van der Waals surface area contributed by atoms with Crippen LogP contribution in [0.3, 0.4) is 0 Å². The van der Waals surface area contributed by atoms with Crippen molar-refractivity contribution >= 4 is 40.9 Å². The van der Waals surface area contributed by atoms with Gasteiger partial charge in [0.1, 0.15) is 16.3 Å². The third kappa shape index (κ3) is 3.42. The standard InChI is InChI=1S/C11H9Cl2N3O3/c12-7-3-5(4-8(13)15-7)10(18)14-6-1-2-9(17)16-11(6)19/h3-4,6H,1-2H2,(H,14,18)(H,16,17,19). The number of carbonyl (C=O) groups is 3. The first-order valence-corrected chi connectivity index (χ1v) is 6.19. The lowest BCUT2D eigenvalue weighted by molar-refractivity contribution is -0.134. The second-order valence-corrected chi connectivity index (χ2v) is 4.75. The Morgan fingerprint density at radius 2 is 1.95 bits per heavy atom. The summed E-state index contributed by atoms with van der Waals surface area (Å²) >= 11 is 11.4. The number of nitrogens with one attached hydrogen (secondary N) is 2. The number of hydrogen-bond donors (Lipinski definition) is 2. The lowest BCUT2D eigenvalue weighted by Crippen LogP contribution is -2.52. The maximum absolute atomic E-state index is 11.9. The van der Waals surface area contributed by atoms with Crippen molar-refractivity contribution in [2.75, 3.05) is 0 Å². The van der Waals surface area contributed by atoms with Crippen LogP contribution in [0.5, 0.6) is 0 Å². The molecule has 8 heteroatoms. The summed E-state index contributed by atoms with van der Waals surface area (Å²) in [6.45, 7) is 0. The third-order valence-corrected chi connectivity index (χ3v) is 2.96. The van der Waals surface area contributed by atoms with Crippen LogP contribution >= 0.6 is 23.2 Å². The number of carbonyl (C=O) groups excluding carboxylic acids is 3. The Bertz CT molecular complexity index is 542. The van der Waals surface area contributed by atoms with Crippen LogP contribution in [0.2, 0.25) is 10.3 Å². The predicted octanol–water partition coefficient (Wildman–Crippen LogP) is 0.923. The van der Waals surface area contributed by atoms with E-state index < -0.39 is 17.9 Å². The Hall–Kier alpha value is -1.66. The van der Waals surface area contributed by atoms with Crippen LogP contribution in [0.4, 0.5) is 0 Å². The van der Waals surface area contributed by atoms with Crippen molar-refractivity contribution in [3.8, 4) is 0 Å². The average molecular weight is 302 g/mol. The first-order valence-electron chi connectivity index (χ1n) is 5.43. The molecule has 1 aromatic rings. The number of amides is 3. The fourth-order valence-electron chi connectivity index (χ4n) is 1.67. The molecular weight excluding hydrogens is 293 g/mol. The number of hydrogen-bond acceptors (Lipinski definition) is 4. The first kappa shape index (κ1) is 13.8. The molecule has 1 fully saturated rings. The van der Waals surface area contributed by atoms with Gasteiger partial charge in [-0.3, -0.25) is 19.7 Å². The van der Waals surface area contributed by atoms with E-state index in [0.29, 0.717) is 0 Å². The summed E-state index contributed by atoms with van der Waals surface area (Å²) in [4.78, 5) is 38.1. The second-order valence-electron chi connectivity index (χ2n) is 3.98. The monoisotopic (exact) mass is 301 g/mol. The Kier molecular flexibility index (Phi) is 4.01. The summed E-state index contributed by atoms with van der Waals surface area (Å²) in [5, 5.41) is 4.83. The zero-order chi connectivity index (χ0) is 14.0. The molecule has 1 aliphatic rings. The van der Waals surface area contributed by atoms with Crippen molar-refractivity contribution in [3.63, 3.8) is 0 Å². The van der Waals surface area contributed by atoms with Crippen molar-refractivity contribution in [3.05, 3.63) is 28.0 Å². The number of halogens is 2. The highest BCUT2D eigenvalue weighted by Gasteiger charge is 2.28. The molecule has 6 nitrogen and oxygen atoms in total. The molecule has 2 N–H and O–H groups in total. The minimum Gasteiger partial charge on any atom is -0.340 e. The average Bonchev–Trinajstić information content (AvgIpc) is 2.31. The van der Waals surface area contributed by atoms with Crippen LogP contribution in [0.1, 0.15) is 23.2 Å². The van der Waals surface area contributed by atoms with E-state index in [1.165, 1.54) is 12.1 Å². The summed E-state index contributed by atoms with van der Waals surface area (Å²) in [6.07, 6.45) is 0.456. The van der Waals surface area contributed by atoms with Gasteiger partial charge in [0, 0.05) is 12.0 Å². The maximum atomic E-state index is 11.9. The minimum atomic E-state index is -0.740. The molecular formula is C11H9Cl2N3O3. The predicted molar refractivity (Wildman–Crippen MR) is 67.9 cm³/mol. The maximum Gasteiger partial charge on any atom is 0.252 e. The Balaban J connectivity index is 2.08. The zero-order valence-corrected chi connectivity index (χ0v) is 11.1. The topological polar surface area (TPSA) is 88.2 Å². The van der Waals surface area contributed by atoms with E-state index in [1.54, 1.807) is 0 Å². The summed E-state index contributed by atoms with van der Waals surface area (Å²) in [5.74, 6) is -1.36. The smallest absolute Gasteiger partial charge is 0.252 e. The van der Waals surface area contributed by atoms with Gasteiger partial charge in [0.2, 0.25) is 11.8 Å². The number of imide groups is 1. The van der Waals surface area contributed by atoms with Gasteiger partial charge in [-0.15, -0.1) is 0 Å². The Labute approximate surface area is 118 Å². The van der Waals surface area contributed by atoms with Gasteiger partial charge in [0.05, 0.1) is 0 Å². The quantitative estimate of drug-likeness (QED) is 0.628. The molecule has 1 unspecified atom stereocenters. The number of nitrogens with zero attached hydrogens (tertiary/aromatic N) is 1. The molecule has 1 atom stereocenters. The SMILES string of the molecule is O=C1CCC(NC(=O)c2cc(Cl)nc(Cl)c2)C(=O)N1. The van der Waals surface area contributed by atoms with Crippen LogP contribution in [0, 0.1) is 0 Å². The van der Waals surface area contributed by atoms with Gasteiger partial charge < -0.3 is 5.32 Å². The largest absolute Gasteiger partial charge is 0.340 e. The molecule has 0 radical (unpaired) electrons. The molecule has 2 heterocycles. The lowest BCUT2D eigenvalue weighted by atomic mass is 10.1. The summed E-state index contributed by atoms with van der Waals surface area (Å²) in [5.41, 5.74) is 0.203. The molecule has 0 spiro atoms. The second kappa shape index (κ2) is 5.54. The number of aromatic nitrogens is 1. The third-order valence-electron chi connectivity index (χ3n) is 2.57. The number of rotatable bonds is 2. The van der Waals surface area contributed by atoms with Gasteiger partial charge in [-0.25, -0.2) is 4.98 Å². The van der Waals surface area contributed by atoms with Gasteiger partial charge in [-0.2, -0.15) is 0 Å². The van der Waals surface area contributed by atoms with Crippen LogP contribution in [0.25, 0.3) is 0 Å².